The monoisotopic (exact) mass is 164 g/mol. The lowest BCUT2D eigenvalue weighted by molar-refractivity contribution is 0.292. The number of aryl methyl sites for hydroxylation is 1. The first-order valence-corrected chi connectivity index (χ1v) is 4.15. The zero-order chi connectivity index (χ0) is 8.55. The normalized spacial score (nSPS) is 16.1. The zero-order valence-electron chi connectivity index (χ0n) is 7.08. The molecular formula is C9H12N2O. The van der Waals surface area contributed by atoms with Crippen LogP contribution < -0.4 is 10.5 Å². The summed E-state index contributed by atoms with van der Waals surface area (Å²) in [6, 6.07) is 3.72. The van der Waals surface area contributed by atoms with Gasteiger partial charge in [0.2, 0.25) is 5.88 Å². The fraction of sp³-hybridized carbons (Fsp3) is 0.444. The highest BCUT2D eigenvalue weighted by molar-refractivity contribution is 5.48. The lowest BCUT2D eigenvalue weighted by atomic mass is 10.3. The Morgan fingerprint density at radius 3 is 2.92 bits per heavy atom. The van der Waals surface area contributed by atoms with Gasteiger partial charge in [-0.3, -0.25) is 0 Å². The van der Waals surface area contributed by atoms with Crippen LogP contribution in [0.3, 0.4) is 0 Å². The third-order valence-corrected chi connectivity index (χ3v) is 1.83. The molecule has 1 aliphatic carbocycles. The molecule has 0 aliphatic heterocycles. The minimum Gasteiger partial charge on any atom is -0.473 e. The molecule has 0 aromatic carbocycles. The van der Waals surface area contributed by atoms with E-state index in [2.05, 4.69) is 4.98 Å². The van der Waals surface area contributed by atoms with E-state index in [1.807, 2.05) is 19.1 Å². The zero-order valence-corrected chi connectivity index (χ0v) is 7.08. The van der Waals surface area contributed by atoms with Crippen LogP contribution in [0.5, 0.6) is 5.88 Å². The molecule has 2 rings (SSSR count). The molecule has 0 unspecified atom stereocenters. The molecule has 0 bridgehead atoms. The highest BCUT2D eigenvalue weighted by Gasteiger charge is 2.24. The van der Waals surface area contributed by atoms with E-state index in [-0.39, 0.29) is 0 Å². The predicted octanol–water partition coefficient (Wildman–Crippen LogP) is 1.51. The summed E-state index contributed by atoms with van der Waals surface area (Å²) in [6.07, 6.45) is 2.63. The summed E-state index contributed by atoms with van der Waals surface area (Å²) < 4.78 is 5.50. The molecule has 1 aliphatic rings. The summed E-state index contributed by atoms with van der Waals surface area (Å²) in [5.41, 5.74) is 7.25. The van der Waals surface area contributed by atoms with Crippen LogP contribution in [0.1, 0.15) is 18.5 Å². The molecule has 1 fully saturated rings. The van der Waals surface area contributed by atoms with Gasteiger partial charge in [0.15, 0.2) is 0 Å². The highest BCUT2D eigenvalue weighted by atomic mass is 16.5. The van der Waals surface area contributed by atoms with Crippen molar-refractivity contribution in [2.45, 2.75) is 25.9 Å². The van der Waals surface area contributed by atoms with Crippen molar-refractivity contribution in [3.8, 4) is 5.88 Å². The minimum atomic E-state index is 0.363. The number of nitrogens with two attached hydrogens (primary N) is 1. The first kappa shape index (κ1) is 7.40. The van der Waals surface area contributed by atoms with E-state index in [1.165, 1.54) is 0 Å². The van der Waals surface area contributed by atoms with E-state index < -0.39 is 0 Å². The van der Waals surface area contributed by atoms with Crippen LogP contribution >= 0.6 is 0 Å². The van der Waals surface area contributed by atoms with Crippen LogP contribution in [0.15, 0.2) is 12.1 Å². The Bertz CT molecular complexity index is 295. The number of hydrogen-bond donors (Lipinski definition) is 1. The number of anilines is 1. The van der Waals surface area contributed by atoms with Gasteiger partial charge in [0, 0.05) is 5.69 Å². The van der Waals surface area contributed by atoms with Gasteiger partial charge in [-0.1, -0.05) is 0 Å². The summed E-state index contributed by atoms with van der Waals surface area (Å²) in [5, 5.41) is 0. The van der Waals surface area contributed by atoms with Crippen LogP contribution in [-0.2, 0) is 0 Å². The van der Waals surface area contributed by atoms with Crippen LogP contribution in [-0.4, -0.2) is 11.1 Å². The largest absolute Gasteiger partial charge is 0.473 e. The lowest BCUT2D eigenvalue weighted by Crippen LogP contribution is -2.02. The topological polar surface area (TPSA) is 48.1 Å². The number of pyridine rings is 1. The van der Waals surface area contributed by atoms with Gasteiger partial charge < -0.3 is 10.5 Å². The summed E-state index contributed by atoms with van der Waals surface area (Å²) in [7, 11) is 0. The Kier molecular flexibility index (Phi) is 1.64. The maximum Gasteiger partial charge on any atom is 0.237 e. The van der Waals surface area contributed by atoms with Gasteiger partial charge >= 0.3 is 0 Å². The number of hydrogen-bond acceptors (Lipinski definition) is 3. The van der Waals surface area contributed by atoms with Crippen molar-refractivity contribution in [3.05, 3.63) is 17.8 Å². The smallest absolute Gasteiger partial charge is 0.237 e. The SMILES string of the molecule is Cc1ccc(N)c(OC2CC2)n1. The number of aromatic nitrogens is 1. The fourth-order valence-electron chi connectivity index (χ4n) is 0.982. The second-order valence-corrected chi connectivity index (χ2v) is 3.16. The number of rotatable bonds is 2. The van der Waals surface area contributed by atoms with Gasteiger partial charge in [0.05, 0.1) is 5.69 Å². The standard InChI is InChI=1S/C9H12N2O/c1-6-2-5-8(10)9(11-6)12-7-3-4-7/h2,5,7H,3-4,10H2,1H3. The molecular weight excluding hydrogens is 152 g/mol. The average molecular weight is 164 g/mol. The third-order valence-electron chi connectivity index (χ3n) is 1.83. The first-order chi connectivity index (χ1) is 5.75. The van der Waals surface area contributed by atoms with Crippen LogP contribution in [0.25, 0.3) is 0 Å². The molecule has 1 saturated carbocycles. The second kappa shape index (κ2) is 2.66. The summed E-state index contributed by atoms with van der Waals surface area (Å²) >= 11 is 0. The van der Waals surface area contributed by atoms with Gasteiger partial charge in [-0.25, -0.2) is 4.98 Å². The predicted molar refractivity (Wildman–Crippen MR) is 47.0 cm³/mol. The van der Waals surface area contributed by atoms with Crippen molar-refractivity contribution < 1.29 is 4.74 Å². The van der Waals surface area contributed by atoms with Crippen molar-refractivity contribution in [3.63, 3.8) is 0 Å². The second-order valence-electron chi connectivity index (χ2n) is 3.16. The summed E-state index contributed by atoms with van der Waals surface area (Å²) in [6.45, 7) is 1.93. The Balaban J connectivity index is 2.21. The highest BCUT2D eigenvalue weighted by Crippen LogP contribution is 2.28. The van der Waals surface area contributed by atoms with E-state index >= 15 is 0 Å². The number of nitrogen functional groups attached to an aromatic ring is 1. The number of ether oxygens (including phenoxy) is 1. The van der Waals surface area contributed by atoms with Crippen molar-refractivity contribution in [2.75, 3.05) is 5.73 Å². The maximum atomic E-state index is 5.68. The molecule has 3 heteroatoms. The van der Waals surface area contributed by atoms with Crippen LogP contribution in [0, 0.1) is 6.92 Å². The molecule has 0 atom stereocenters. The van der Waals surface area contributed by atoms with Crippen molar-refractivity contribution in [1.82, 2.24) is 4.98 Å². The van der Waals surface area contributed by atoms with E-state index in [4.69, 9.17) is 10.5 Å². The van der Waals surface area contributed by atoms with Crippen molar-refractivity contribution in [2.24, 2.45) is 0 Å². The Morgan fingerprint density at radius 2 is 2.25 bits per heavy atom. The van der Waals surface area contributed by atoms with Crippen molar-refractivity contribution >= 4 is 5.69 Å². The molecule has 12 heavy (non-hydrogen) atoms. The molecule has 0 amide bonds. The summed E-state index contributed by atoms with van der Waals surface area (Å²) in [5.74, 6) is 0.595. The van der Waals surface area contributed by atoms with E-state index in [9.17, 15) is 0 Å². The molecule has 64 valence electrons. The first-order valence-electron chi connectivity index (χ1n) is 4.15. The van der Waals surface area contributed by atoms with Gasteiger partial charge in [0.25, 0.3) is 0 Å². The molecule has 0 saturated heterocycles. The average Bonchev–Trinajstić information content (AvgIpc) is 2.81. The summed E-state index contributed by atoms with van der Waals surface area (Å²) in [4.78, 5) is 4.21. The Labute approximate surface area is 71.6 Å². The van der Waals surface area contributed by atoms with Gasteiger partial charge in [-0.05, 0) is 31.9 Å². The Morgan fingerprint density at radius 1 is 1.50 bits per heavy atom. The molecule has 0 spiro atoms. The van der Waals surface area contributed by atoms with E-state index in [0.717, 1.165) is 18.5 Å². The molecule has 3 nitrogen and oxygen atoms in total. The third kappa shape index (κ3) is 1.49. The van der Waals surface area contributed by atoms with E-state index in [1.54, 1.807) is 0 Å². The van der Waals surface area contributed by atoms with Gasteiger partial charge in [-0.2, -0.15) is 0 Å². The fourth-order valence-corrected chi connectivity index (χ4v) is 0.982. The molecule has 1 aromatic rings. The number of nitrogens with zero attached hydrogens (tertiary/aromatic N) is 1. The maximum absolute atomic E-state index is 5.68. The van der Waals surface area contributed by atoms with Gasteiger partial charge in [0.1, 0.15) is 6.10 Å². The van der Waals surface area contributed by atoms with Crippen LogP contribution in [0.4, 0.5) is 5.69 Å². The molecule has 0 radical (unpaired) electrons. The molecule has 1 heterocycles. The Hall–Kier alpha value is -1.25. The van der Waals surface area contributed by atoms with Gasteiger partial charge in [-0.15, -0.1) is 0 Å². The lowest BCUT2D eigenvalue weighted by Gasteiger charge is -2.06. The quantitative estimate of drug-likeness (QED) is 0.720. The van der Waals surface area contributed by atoms with E-state index in [0.29, 0.717) is 17.7 Å². The molecule has 2 N–H and O–H groups in total. The van der Waals surface area contributed by atoms with Crippen molar-refractivity contribution in [1.29, 1.82) is 0 Å². The molecule has 1 aromatic heterocycles. The minimum absolute atomic E-state index is 0.363. The van der Waals surface area contributed by atoms with Crippen LogP contribution in [0.2, 0.25) is 0 Å².